The van der Waals surface area contributed by atoms with E-state index in [1.807, 2.05) is 32.3 Å². The van der Waals surface area contributed by atoms with Gasteiger partial charge in [0.05, 0.1) is 11.4 Å². The minimum atomic E-state index is -3.56. The number of ketones is 1. The first-order valence-electron chi connectivity index (χ1n) is 8.71. The van der Waals surface area contributed by atoms with Crippen LogP contribution in [0.2, 0.25) is 0 Å². The van der Waals surface area contributed by atoms with Crippen LogP contribution < -0.4 is 5.32 Å². The number of likely N-dealkylation sites (N-methyl/N-ethyl adjacent to an activating group) is 1. The molecular formula is C20H27N3O3S. The number of benzene rings is 2. The Labute approximate surface area is 161 Å². The van der Waals surface area contributed by atoms with E-state index in [1.54, 1.807) is 12.1 Å². The van der Waals surface area contributed by atoms with Crippen molar-refractivity contribution in [2.24, 2.45) is 0 Å². The molecule has 0 aliphatic heterocycles. The molecule has 2 rings (SSSR count). The highest BCUT2D eigenvalue weighted by atomic mass is 32.2. The summed E-state index contributed by atoms with van der Waals surface area (Å²) in [6.45, 7) is 0.751. The van der Waals surface area contributed by atoms with Gasteiger partial charge in [-0.1, -0.05) is 42.5 Å². The first-order valence-corrected chi connectivity index (χ1v) is 10.2. The molecule has 0 aliphatic rings. The molecule has 0 radical (unpaired) electrons. The van der Waals surface area contributed by atoms with Gasteiger partial charge in [-0.15, -0.1) is 0 Å². The molecule has 0 aromatic heterocycles. The Balaban J connectivity index is 2.04. The van der Waals surface area contributed by atoms with Crippen molar-refractivity contribution >= 4 is 15.8 Å². The van der Waals surface area contributed by atoms with Gasteiger partial charge >= 0.3 is 0 Å². The molecule has 2 aromatic carbocycles. The largest absolute Gasteiger partial charge is 0.308 e. The first-order chi connectivity index (χ1) is 12.7. The number of carbonyl (C=O) groups is 1. The molecule has 0 fully saturated rings. The molecule has 1 unspecified atom stereocenters. The van der Waals surface area contributed by atoms with Gasteiger partial charge in [-0.05, 0) is 31.8 Å². The normalized spacial score (nSPS) is 13.1. The van der Waals surface area contributed by atoms with Crippen LogP contribution in [0.25, 0.3) is 0 Å². The van der Waals surface area contributed by atoms with Crippen LogP contribution in [-0.4, -0.2) is 64.7 Å². The van der Waals surface area contributed by atoms with E-state index in [0.717, 1.165) is 4.31 Å². The highest BCUT2D eigenvalue weighted by Gasteiger charge is 2.19. The summed E-state index contributed by atoms with van der Waals surface area (Å²) in [5.41, 5.74) is 1.55. The van der Waals surface area contributed by atoms with Crippen molar-refractivity contribution in [3.63, 3.8) is 0 Å². The molecule has 1 atom stereocenters. The van der Waals surface area contributed by atoms with Crippen LogP contribution in [0.5, 0.6) is 0 Å². The zero-order valence-corrected chi connectivity index (χ0v) is 17.0. The number of carbonyl (C=O) groups excluding carboxylic acids is 1. The maximum absolute atomic E-state index is 12.5. The van der Waals surface area contributed by atoms with Crippen LogP contribution in [0, 0.1) is 0 Å². The monoisotopic (exact) mass is 389 g/mol. The Morgan fingerprint density at radius 2 is 1.67 bits per heavy atom. The van der Waals surface area contributed by atoms with Gasteiger partial charge in [0.1, 0.15) is 0 Å². The molecular weight excluding hydrogens is 362 g/mol. The van der Waals surface area contributed by atoms with Crippen LogP contribution >= 0.6 is 0 Å². The molecule has 27 heavy (non-hydrogen) atoms. The lowest BCUT2D eigenvalue weighted by atomic mass is 10.1. The molecule has 6 nitrogen and oxygen atoms in total. The number of hydrogen-bond donors (Lipinski definition) is 1. The molecule has 2 aromatic rings. The zero-order chi connectivity index (χ0) is 20.0. The third-order valence-corrected chi connectivity index (χ3v) is 6.18. The van der Waals surface area contributed by atoms with Gasteiger partial charge in [0, 0.05) is 32.2 Å². The van der Waals surface area contributed by atoms with Crippen LogP contribution in [0.15, 0.2) is 59.5 Å². The van der Waals surface area contributed by atoms with Crippen molar-refractivity contribution in [1.29, 1.82) is 0 Å². The van der Waals surface area contributed by atoms with Gasteiger partial charge in [-0.3, -0.25) is 4.79 Å². The topological polar surface area (TPSA) is 69.7 Å². The minimum Gasteiger partial charge on any atom is -0.308 e. The van der Waals surface area contributed by atoms with Crippen molar-refractivity contribution in [3.8, 4) is 0 Å². The van der Waals surface area contributed by atoms with Crippen molar-refractivity contribution in [2.75, 3.05) is 41.3 Å². The number of sulfonamides is 1. The van der Waals surface area contributed by atoms with Gasteiger partial charge in [-0.2, -0.15) is 0 Å². The first kappa shape index (κ1) is 21.2. The number of nitrogens with zero attached hydrogens (tertiary/aromatic N) is 2. The van der Waals surface area contributed by atoms with E-state index in [4.69, 9.17) is 0 Å². The fourth-order valence-electron chi connectivity index (χ4n) is 2.74. The summed E-state index contributed by atoms with van der Waals surface area (Å²) in [5, 5.41) is 3.19. The van der Waals surface area contributed by atoms with Gasteiger partial charge < -0.3 is 10.2 Å². The van der Waals surface area contributed by atoms with Gasteiger partial charge in [-0.25, -0.2) is 12.7 Å². The molecule has 0 saturated carbocycles. The standard InChI is InChI=1S/C20H27N3O3S/c1-22(2)19(16-9-6-5-7-10-16)14-21-15-20(24)17-11-8-12-18(13-17)27(25,26)23(3)4/h5-13,19,21H,14-15H2,1-4H3. The fourth-order valence-corrected chi connectivity index (χ4v) is 3.69. The predicted octanol–water partition coefficient (Wildman–Crippen LogP) is 2.01. The van der Waals surface area contributed by atoms with Gasteiger partial charge in [0.2, 0.25) is 10.0 Å². The van der Waals surface area contributed by atoms with Gasteiger partial charge in [0.25, 0.3) is 0 Å². The molecule has 0 bridgehead atoms. The highest BCUT2D eigenvalue weighted by Crippen LogP contribution is 2.17. The predicted molar refractivity (Wildman–Crippen MR) is 107 cm³/mol. The quantitative estimate of drug-likeness (QED) is 0.665. The summed E-state index contributed by atoms with van der Waals surface area (Å²) >= 11 is 0. The van der Waals surface area contributed by atoms with E-state index in [-0.39, 0.29) is 23.3 Å². The van der Waals surface area contributed by atoms with Crippen LogP contribution in [0.3, 0.4) is 0 Å². The Morgan fingerprint density at radius 1 is 1.00 bits per heavy atom. The molecule has 0 aliphatic carbocycles. The van der Waals surface area contributed by atoms with Crippen LogP contribution in [0.1, 0.15) is 22.0 Å². The fraction of sp³-hybridized carbons (Fsp3) is 0.350. The minimum absolute atomic E-state index is 0.119. The average molecular weight is 390 g/mol. The lowest BCUT2D eigenvalue weighted by Gasteiger charge is -2.25. The molecule has 1 N–H and O–H groups in total. The average Bonchev–Trinajstić information content (AvgIpc) is 2.65. The summed E-state index contributed by atoms with van der Waals surface area (Å²) < 4.78 is 25.6. The molecule has 0 heterocycles. The van der Waals surface area contributed by atoms with E-state index in [9.17, 15) is 13.2 Å². The van der Waals surface area contributed by atoms with E-state index >= 15 is 0 Å². The van der Waals surface area contributed by atoms with Crippen molar-refractivity contribution in [1.82, 2.24) is 14.5 Å². The molecule has 146 valence electrons. The zero-order valence-electron chi connectivity index (χ0n) is 16.2. The number of nitrogens with one attached hydrogen (secondary N) is 1. The molecule has 0 saturated heterocycles. The number of rotatable bonds is 9. The van der Waals surface area contributed by atoms with E-state index in [0.29, 0.717) is 12.1 Å². The van der Waals surface area contributed by atoms with Crippen molar-refractivity contribution in [2.45, 2.75) is 10.9 Å². The summed E-state index contributed by atoms with van der Waals surface area (Å²) in [5.74, 6) is -0.142. The smallest absolute Gasteiger partial charge is 0.242 e. The Bertz CT molecular complexity index is 865. The van der Waals surface area contributed by atoms with Crippen LogP contribution in [0.4, 0.5) is 0 Å². The summed E-state index contributed by atoms with van der Waals surface area (Å²) in [6, 6.07) is 16.4. The summed E-state index contributed by atoms with van der Waals surface area (Å²) in [4.78, 5) is 14.7. The summed E-state index contributed by atoms with van der Waals surface area (Å²) in [7, 11) is 3.37. The molecule has 0 amide bonds. The van der Waals surface area contributed by atoms with Crippen LogP contribution in [-0.2, 0) is 10.0 Å². The van der Waals surface area contributed by atoms with Crippen molar-refractivity contribution < 1.29 is 13.2 Å². The highest BCUT2D eigenvalue weighted by molar-refractivity contribution is 7.89. The lowest BCUT2D eigenvalue weighted by Crippen LogP contribution is -2.33. The van der Waals surface area contributed by atoms with Gasteiger partial charge in [0.15, 0.2) is 5.78 Å². The van der Waals surface area contributed by atoms with E-state index < -0.39 is 10.0 Å². The Hall–Kier alpha value is -2.06. The maximum atomic E-state index is 12.5. The second-order valence-electron chi connectivity index (χ2n) is 6.76. The summed E-state index contributed by atoms with van der Waals surface area (Å²) in [6.07, 6.45) is 0. The lowest BCUT2D eigenvalue weighted by molar-refractivity contribution is 0.0988. The maximum Gasteiger partial charge on any atom is 0.242 e. The second kappa shape index (κ2) is 9.23. The number of hydrogen-bond acceptors (Lipinski definition) is 5. The molecule has 7 heteroatoms. The number of Topliss-reactive ketones (excluding diaryl/α,β-unsaturated/α-hetero) is 1. The second-order valence-corrected chi connectivity index (χ2v) is 8.91. The Kier molecular flexibility index (Phi) is 7.26. The molecule has 0 spiro atoms. The SMILES string of the molecule is CN(C)C(CNCC(=O)c1cccc(S(=O)(=O)N(C)C)c1)c1ccccc1. The third kappa shape index (κ3) is 5.46. The Morgan fingerprint density at radius 3 is 2.26 bits per heavy atom. The van der Waals surface area contributed by atoms with E-state index in [2.05, 4.69) is 22.3 Å². The van der Waals surface area contributed by atoms with Crippen molar-refractivity contribution in [3.05, 3.63) is 65.7 Å². The third-order valence-electron chi connectivity index (χ3n) is 4.37. The van der Waals surface area contributed by atoms with E-state index in [1.165, 1.54) is 31.8 Å².